The lowest BCUT2D eigenvalue weighted by atomic mass is 10.2. The van der Waals surface area contributed by atoms with Gasteiger partial charge >= 0.3 is 0 Å². The van der Waals surface area contributed by atoms with Crippen LogP contribution in [0.2, 0.25) is 0 Å². The number of nitrogens with zero attached hydrogens (tertiary/aromatic N) is 1. The summed E-state index contributed by atoms with van der Waals surface area (Å²) in [4.78, 5) is 2.18. The molecule has 1 N–H and O–H groups in total. The molecule has 0 aliphatic rings. The van der Waals surface area contributed by atoms with Gasteiger partial charge in [0.25, 0.3) is 0 Å². The fourth-order valence-corrected chi connectivity index (χ4v) is 1.49. The monoisotopic (exact) mass is 193 g/mol. The standard InChI is InChI=1S/C12H19NO/c1-10-6-4-5-7-12(10)13(3)9-8-11(2)14/h4-7,11,14H,8-9H2,1-3H3. The lowest BCUT2D eigenvalue weighted by molar-refractivity contribution is 0.187. The maximum Gasteiger partial charge on any atom is 0.0528 e. The Morgan fingerprint density at radius 1 is 1.36 bits per heavy atom. The third-order valence-corrected chi connectivity index (χ3v) is 2.41. The molecule has 0 heterocycles. The molecule has 1 rings (SSSR count). The van der Waals surface area contributed by atoms with Gasteiger partial charge in [-0.3, -0.25) is 0 Å². The van der Waals surface area contributed by atoms with E-state index in [1.165, 1.54) is 11.3 Å². The largest absolute Gasteiger partial charge is 0.393 e. The molecule has 1 unspecified atom stereocenters. The van der Waals surface area contributed by atoms with Crippen molar-refractivity contribution in [3.63, 3.8) is 0 Å². The summed E-state index contributed by atoms with van der Waals surface area (Å²) in [5.74, 6) is 0. The Bertz CT molecular complexity index is 283. The second-order valence-electron chi connectivity index (χ2n) is 3.85. The molecule has 2 heteroatoms. The van der Waals surface area contributed by atoms with E-state index in [0.29, 0.717) is 0 Å². The van der Waals surface area contributed by atoms with Crippen LogP contribution in [0.3, 0.4) is 0 Å². The molecule has 0 amide bonds. The zero-order chi connectivity index (χ0) is 10.6. The summed E-state index contributed by atoms with van der Waals surface area (Å²) in [6, 6.07) is 8.30. The molecule has 78 valence electrons. The van der Waals surface area contributed by atoms with Gasteiger partial charge in [0.1, 0.15) is 0 Å². The minimum atomic E-state index is -0.221. The van der Waals surface area contributed by atoms with E-state index < -0.39 is 0 Å². The van der Waals surface area contributed by atoms with Crippen molar-refractivity contribution in [2.75, 3.05) is 18.5 Å². The molecule has 0 aliphatic heterocycles. The number of aliphatic hydroxyl groups excluding tert-OH is 1. The van der Waals surface area contributed by atoms with Crippen LogP contribution in [0.1, 0.15) is 18.9 Å². The number of hydrogen-bond donors (Lipinski definition) is 1. The number of aliphatic hydroxyl groups is 1. The first-order valence-corrected chi connectivity index (χ1v) is 5.06. The third-order valence-electron chi connectivity index (χ3n) is 2.41. The quantitative estimate of drug-likeness (QED) is 0.792. The summed E-state index contributed by atoms with van der Waals surface area (Å²) in [6.45, 7) is 4.82. The molecule has 1 aromatic rings. The first kappa shape index (κ1) is 11.1. The predicted molar refractivity (Wildman–Crippen MR) is 60.7 cm³/mol. The maximum absolute atomic E-state index is 9.19. The van der Waals surface area contributed by atoms with Gasteiger partial charge in [-0.2, -0.15) is 0 Å². The Labute approximate surface area is 86.2 Å². The van der Waals surface area contributed by atoms with Crippen LogP contribution in [0.25, 0.3) is 0 Å². The molecule has 0 saturated carbocycles. The molecule has 2 nitrogen and oxygen atoms in total. The predicted octanol–water partition coefficient (Wildman–Crippen LogP) is 2.20. The first-order chi connectivity index (χ1) is 6.61. The zero-order valence-electron chi connectivity index (χ0n) is 9.20. The lowest BCUT2D eigenvalue weighted by Gasteiger charge is -2.21. The topological polar surface area (TPSA) is 23.5 Å². The van der Waals surface area contributed by atoms with Gasteiger partial charge in [-0.15, -0.1) is 0 Å². The van der Waals surface area contributed by atoms with Gasteiger partial charge in [-0.1, -0.05) is 18.2 Å². The summed E-state index contributed by atoms with van der Waals surface area (Å²) < 4.78 is 0. The Hall–Kier alpha value is -1.02. The number of rotatable bonds is 4. The molecule has 0 aliphatic carbocycles. The molecular weight excluding hydrogens is 174 g/mol. The van der Waals surface area contributed by atoms with E-state index in [2.05, 4.69) is 31.0 Å². The maximum atomic E-state index is 9.19. The Balaban J connectivity index is 2.60. The minimum Gasteiger partial charge on any atom is -0.393 e. The van der Waals surface area contributed by atoms with Crippen LogP contribution in [0.15, 0.2) is 24.3 Å². The fourth-order valence-electron chi connectivity index (χ4n) is 1.49. The van der Waals surface area contributed by atoms with Gasteiger partial charge in [0.2, 0.25) is 0 Å². The Kier molecular flexibility index (Phi) is 3.96. The Morgan fingerprint density at radius 3 is 2.57 bits per heavy atom. The van der Waals surface area contributed by atoms with E-state index in [1.807, 2.05) is 19.1 Å². The van der Waals surface area contributed by atoms with E-state index >= 15 is 0 Å². The summed E-state index contributed by atoms with van der Waals surface area (Å²) >= 11 is 0. The van der Waals surface area contributed by atoms with E-state index in [0.717, 1.165) is 13.0 Å². The molecule has 0 aromatic heterocycles. The number of benzene rings is 1. The van der Waals surface area contributed by atoms with E-state index in [1.54, 1.807) is 0 Å². The number of hydrogen-bond acceptors (Lipinski definition) is 2. The van der Waals surface area contributed by atoms with Gasteiger partial charge in [0, 0.05) is 19.3 Å². The highest BCUT2D eigenvalue weighted by atomic mass is 16.3. The molecule has 0 saturated heterocycles. The van der Waals surface area contributed by atoms with Crippen LogP contribution in [0.4, 0.5) is 5.69 Å². The second-order valence-corrected chi connectivity index (χ2v) is 3.85. The fraction of sp³-hybridized carbons (Fsp3) is 0.500. The van der Waals surface area contributed by atoms with Crippen LogP contribution in [0.5, 0.6) is 0 Å². The van der Waals surface area contributed by atoms with Gasteiger partial charge in [0.05, 0.1) is 6.10 Å². The van der Waals surface area contributed by atoms with Gasteiger partial charge < -0.3 is 10.0 Å². The van der Waals surface area contributed by atoms with Crippen LogP contribution >= 0.6 is 0 Å². The van der Waals surface area contributed by atoms with Crippen molar-refractivity contribution in [2.45, 2.75) is 26.4 Å². The lowest BCUT2D eigenvalue weighted by Crippen LogP contribution is -2.22. The SMILES string of the molecule is Cc1ccccc1N(C)CCC(C)O. The summed E-state index contributed by atoms with van der Waals surface area (Å²) in [6.07, 6.45) is 0.589. The summed E-state index contributed by atoms with van der Waals surface area (Å²) in [5.41, 5.74) is 2.52. The zero-order valence-corrected chi connectivity index (χ0v) is 9.20. The van der Waals surface area contributed by atoms with Crippen molar-refractivity contribution < 1.29 is 5.11 Å². The van der Waals surface area contributed by atoms with E-state index in [4.69, 9.17) is 0 Å². The molecule has 0 spiro atoms. The van der Waals surface area contributed by atoms with E-state index in [9.17, 15) is 5.11 Å². The smallest absolute Gasteiger partial charge is 0.0528 e. The second kappa shape index (κ2) is 5.01. The molecule has 0 fully saturated rings. The van der Waals surface area contributed by atoms with Crippen LogP contribution in [-0.4, -0.2) is 24.8 Å². The van der Waals surface area contributed by atoms with Gasteiger partial charge in [-0.25, -0.2) is 0 Å². The normalized spacial score (nSPS) is 12.6. The third kappa shape index (κ3) is 3.04. The first-order valence-electron chi connectivity index (χ1n) is 5.06. The highest BCUT2D eigenvalue weighted by Crippen LogP contribution is 2.17. The van der Waals surface area contributed by atoms with Crippen LogP contribution in [-0.2, 0) is 0 Å². The Morgan fingerprint density at radius 2 is 2.00 bits per heavy atom. The van der Waals surface area contributed by atoms with Gasteiger partial charge in [0.15, 0.2) is 0 Å². The van der Waals surface area contributed by atoms with Crippen molar-refractivity contribution >= 4 is 5.69 Å². The molecule has 1 atom stereocenters. The van der Waals surface area contributed by atoms with Crippen molar-refractivity contribution in [1.82, 2.24) is 0 Å². The molecule has 1 aromatic carbocycles. The van der Waals surface area contributed by atoms with Crippen LogP contribution in [0, 0.1) is 6.92 Å². The van der Waals surface area contributed by atoms with Crippen molar-refractivity contribution in [2.24, 2.45) is 0 Å². The minimum absolute atomic E-state index is 0.221. The van der Waals surface area contributed by atoms with Crippen LogP contribution < -0.4 is 4.90 Å². The summed E-state index contributed by atoms with van der Waals surface area (Å²) in [5, 5.41) is 9.19. The summed E-state index contributed by atoms with van der Waals surface area (Å²) in [7, 11) is 2.06. The molecule has 0 bridgehead atoms. The van der Waals surface area contributed by atoms with Crippen molar-refractivity contribution in [1.29, 1.82) is 0 Å². The highest BCUT2D eigenvalue weighted by Gasteiger charge is 2.04. The molecule has 0 radical (unpaired) electrons. The number of para-hydroxylation sites is 1. The average Bonchev–Trinajstić information content (AvgIpc) is 2.15. The molecule has 14 heavy (non-hydrogen) atoms. The van der Waals surface area contributed by atoms with E-state index in [-0.39, 0.29) is 6.10 Å². The highest BCUT2D eigenvalue weighted by molar-refractivity contribution is 5.52. The number of anilines is 1. The molecular formula is C12H19NO. The average molecular weight is 193 g/mol. The van der Waals surface area contributed by atoms with Gasteiger partial charge in [-0.05, 0) is 31.9 Å². The van der Waals surface area contributed by atoms with Crippen molar-refractivity contribution in [3.05, 3.63) is 29.8 Å². The number of aryl methyl sites for hydroxylation is 1. The van der Waals surface area contributed by atoms with Crippen molar-refractivity contribution in [3.8, 4) is 0 Å².